The average Bonchev–Trinajstić information content (AvgIpc) is 2.88. The summed E-state index contributed by atoms with van der Waals surface area (Å²) in [6, 6.07) is 7.81. The molecule has 1 aromatic rings. The van der Waals surface area contributed by atoms with Crippen LogP contribution in [0.25, 0.3) is 0 Å². The Hall–Kier alpha value is -2.63. The van der Waals surface area contributed by atoms with Gasteiger partial charge >= 0.3 is 5.97 Å². The third-order valence-corrected chi connectivity index (χ3v) is 4.05. The fourth-order valence-electron chi connectivity index (χ4n) is 2.81. The number of nitrogens with zero attached hydrogens (tertiary/aromatic N) is 3. The highest BCUT2D eigenvalue weighted by molar-refractivity contribution is 5.97. The average molecular weight is 312 g/mol. The Morgan fingerprint density at radius 3 is 2.96 bits per heavy atom. The van der Waals surface area contributed by atoms with Gasteiger partial charge in [-0.1, -0.05) is 18.2 Å². The lowest BCUT2D eigenvalue weighted by atomic mass is 10.0. The number of allylic oxidation sites excluding steroid dienone is 1. The van der Waals surface area contributed by atoms with E-state index < -0.39 is 0 Å². The minimum absolute atomic E-state index is 0.0777. The minimum Gasteiger partial charge on any atom is -0.465 e. The number of hydrogen-bond acceptors (Lipinski definition) is 4. The number of esters is 1. The predicted octanol–water partition coefficient (Wildman–Crippen LogP) is 2.34. The molecule has 0 radical (unpaired) electrons. The van der Waals surface area contributed by atoms with Crippen LogP contribution in [-0.4, -0.2) is 35.7 Å². The van der Waals surface area contributed by atoms with Gasteiger partial charge in [-0.15, -0.1) is 0 Å². The molecule has 0 aromatic heterocycles. The van der Waals surface area contributed by atoms with Gasteiger partial charge in [-0.3, -0.25) is 4.79 Å². The summed E-state index contributed by atoms with van der Waals surface area (Å²) >= 11 is 0. The zero-order valence-corrected chi connectivity index (χ0v) is 13.5. The van der Waals surface area contributed by atoms with E-state index in [-0.39, 0.29) is 17.9 Å². The molecule has 0 fully saturated rings. The van der Waals surface area contributed by atoms with E-state index in [1.807, 2.05) is 56.0 Å². The monoisotopic (exact) mass is 312 g/mol. The van der Waals surface area contributed by atoms with Crippen LogP contribution >= 0.6 is 0 Å². The van der Waals surface area contributed by atoms with Crippen LogP contribution in [0, 0.1) is 12.8 Å². The summed E-state index contributed by atoms with van der Waals surface area (Å²) < 4.78 is 5.16. The third kappa shape index (κ3) is 2.84. The van der Waals surface area contributed by atoms with Crippen molar-refractivity contribution in [3.8, 4) is 0 Å². The fourth-order valence-corrected chi connectivity index (χ4v) is 2.81. The lowest BCUT2D eigenvalue weighted by molar-refractivity contribution is -0.147. The molecule has 6 heteroatoms. The number of para-hydroxylation sites is 1. The Bertz CT molecular complexity index is 708. The largest absolute Gasteiger partial charge is 0.465 e. The molecule has 2 atom stereocenters. The van der Waals surface area contributed by atoms with E-state index in [0.717, 1.165) is 16.9 Å². The van der Waals surface area contributed by atoms with Gasteiger partial charge in [0.25, 0.3) is 0 Å². The molecule has 1 aromatic carbocycles. The molecule has 120 valence electrons. The number of nitrogens with one attached hydrogen (secondary N) is 1. The lowest BCUT2D eigenvalue weighted by Crippen LogP contribution is -2.46. The molecule has 2 heterocycles. The Morgan fingerprint density at radius 2 is 2.22 bits per heavy atom. The van der Waals surface area contributed by atoms with Crippen molar-refractivity contribution >= 4 is 23.8 Å². The van der Waals surface area contributed by atoms with Crippen LogP contribution in [0.3, 0.4) is 0 Å². The number of ether oxygens (including phenoxy) is 1. The highest BCUT2D eigenvalue weighted by atomic mass is 16.5. The summed E-state index contributed by atoms with van der Waals surface area (Å²) in [5, 5.41) is 4.13. The minimum atomic E-state index is -0.321. The van der Waals surface area contributed by atoms with E-state index in [4.69, 9.17) is 4.74 Å². The van der Waals surface area contributed by atoms with Crippen LogP contribution in [0.4, 0.5) is 5.69 Å². The number of aliphatic imine (C=N–C) groups is 1. The summed E-state index contributed by atoms with van der Waals surface area (Å²) in [4.78, 5) is 18.8. The maximum Gasteiger partial charge on any atom is 0.314 e. The summed E-state index contributed by atoms with van der Waals surface area (Å²) in [5.74, 6) is 0.0799. The van der Waals surface area contributed by atoms with Crippen molar-refractivity contribution in [3.63, 3.8) is 0 Å². The Labute approximate surface area is 135 Å². The van der Waals surface area contributed by atoms with Gasteiger partial charge in [-0.05, 0) is 38.5 Å². The van der Waals surface area contributed by atoms with Gasteiger partial charge in [-0.2, -0.15) is 5.10 Å². The van der Waals surface area contributed by atoms with Gasteiger partial charge in [0, 0.05) is 0 Å². The molecule has 0 saturated heterocycles. The smallest absolute Gasteiger partial charge is 0.314 e. The first-order valence-electron chi connectivity index (χ1n) is 7.73. The Kier molecular flexibility index (Phi) is 4.14. The second-order valence-electron chi connectivity index (χ2n) is 5.57. The van der Waals surface area contributed by atoms with Crippen LogP contribution in [0.5, 0.6) is 0 Å². The standard InChI is InChI=1S/C17H20N4O2/c1-4-23-16(22)14-9-13-10-18-20-17(21(13)12(14)3)19-15-8-6-5-7-11(15)2/h5-10,12,14H,4H2,1-3H3,(H,19,20). The molecular weight excluding hydrogens is 292 g/mol. The summed E-state index contributed by atoms with van der Waals surface area (Å²) in [6.45, 7) is 6.18. The van der Waals surface area contributed by atoms with E-state index in [2.05, 4.69) is 15.5 Å². The highest BCUT2D eigenvalue weighted by Gasteiger charge is 2.39. The molecule has 1 N–H and O–H groups in total. The zero-order chi connectivity index (χ0) is 16.4. The van der Waals surface area contributed by atoms with Gasteiger partial charge in [-0.25, -0.2) is 10.4 Å². The molecule has 23 heavy (non-hydrogen) atoms. The van der Waals surface area contributed by atoms with Crippen LogP contribution in [0.2, 0.25) is 0 Å². The van der Waals surface area contributed by atoms with Gasteiger partial charge in [0.1, 0.15) is 0 Å². The Morgan fingerprint density at radius 1 is 1.43 bits per heavy atom. The number of hydrogen-bond donors (Lipinski definition) is 1. The van der Waals surface area contributed by atoms with Gasteiger partial charge in [0.15, 0.2) is 0 Å². The number of carbonyl (C=O) groups is 1. The van der Waals surface area contributed by atoms with Crippen molar-refractivity contribution in [3.05, 3.63) is 41.6 Å². The topological polar surface area (TPSA) is 66.3 Å². The molecule has 0 aliphatic carbocycles. The number of fused-ring (bicyclic) bond motifs is 1. The number of benzene rings is 1. The van der Waals surface area contributed by atoms with Crippen LogP contribution in [0.15, 0.2) is 46.1 Å². The van der Waals surface area contributed by atoms with E-state index in [1.165, 1.54) is 0 Å². The van der Waals surface area contributed by atoms with Crippen LogP contribution < -0.4 is 5.43 Å². The molecular formula is C17H20N4O2. The molecule has 0 saturated carbocycles. The molecule has 3 rings (SSSR count). The van der Waals surface area contributed by atoms with Crippen molar-refractivity contribution in [1.29, 1.82) is 0 Å². The maximum atomic E-state index is 12.1. The second kappa shape index (κ2) is 6.24. The number of rotatable bonds is 3. The molecule has 0 spiro atoms. The summed E-state index contributed by atoms with van der Waals surface area (Å²) in [6.07, 6.45) is 3.59. The molecule has 2 unspecified atom stereocenters. The third-order valence-electron chi connectivity index (χ3n) is 4.05. The van der Waals surface area contributed by atoms with Crippen molar-refractivity contribution in [2.75, 3.05) is 6.61 Å². The molecule has 0 amide bonds. The van der Waals surface area contributed by atoms with E-state index in [0.29, 0.717) is 12.6 Å². The summed E-state index contributed by atoms with van der Waals surface area (Å²) in [7, 11) is 0. The van der Waals surface area contributed by atoms with Crippen molar-refractivity contribution < 1.29 is 9.53 Å². The molecule has 6 nitrogen and oxygen atoms in total. The highest BCUT2D eigenvalue weighted by Crippen LogP contribution is 2.30. The molecule has 2 aliphatic rings. The number of aryl methyl sites for hydroxylation is 1. The normalized spacial score (nSPS) is 24.2. The predicted molar refractivity (Wildman–Crippen MR) is 89.4 cm³/mol. The van der Waals surface area contributed by atoms with Crippen LogP contribution in [-0.2, 0) is 9.53 Å². The van der Waals surface area contributed by atoms with Crippen molar-refractivity contribution in [2.24, 2.45) is 16.0 Å². The summed E-state index contributed by atoms with van der Waals surface area (Å²) in [5.41, 5.74) is 5.76. The van der Waals surface area contributed by atoms with Gasteiger partial charge in [0.2, 0.25) is 5.96 Å². The lowest BCUT2D eigenvalue weighted by Gasteiger charge is -2.30. The number of guanidine groups is 1. The van der Waals surface area contributed by atoms with Crippen molar-refractivity contribution in [2.45, 2.75) is 26.8 Å². The number of hydrazone groups is 1. The van der Waals surface area contributed by atoms with Crippen molar-refractivity contribution in [1.82, 2.24) is 10.3 Å². The van der Waals surface area contributed by atoms with E-state index >= 15 is 0 Å². The van der Waals surface area contributed by atoms with E-state index in [1.54, 1.807) is 6.21 Å². The quantitative estimate of drug-likeness (QED) is 0.870. The SMILES string of the molecule is CCOC(=O)C1C=C2C=NNC(=Nc3ccccc3C)N2C1C. The number of carbonyl (C=O) groups excluding carboxylic acids is 1. The maximum absolute atomic E-state index is 12.1. The van der Waals surface area contributed by atoms with Gasteiger partial charge in [0.05, 0.1) is 36.2 Å². The first kappa shape index (κ1) is 15.3. The van der Waals surface area contributed by atoms with Crippen LogP contribution in [0.1, 0.15) is 19.4 Å². The second-order valence-corrected chi connectivity index (χ2v) is 5.57. The molecule has 0 bridgehead atoms. The van der Waals surface area contributed by atoms with E-state index in [9.17, 15) is 4.79 Å². The first-order chi connectivity index (χ1) is 11.1. The zero-order valence-electron chi connectivity index (χ0n) is 13.5. The fraction of sp³-hybridized carbons (Fsp3) is 0.353. The first-order valence-corrected chi connectivity index (χ1v) is 7.73. The Balaban J connectivity index is 1.92. The molecule has 2 aliphatic heterocycles. The van der Waals surface area contributed by atoms with Gasteiger partial charge < -0.3 is 9.64 Å².